The summed E-state index contributed by atoms with van der Waals surface area (Å²) in [6.07, 6.45) is 3.20. The lowest BCUT2D eigenvalue weighted by Crippen LogP contribution is -2.45. The Hall–Kier alpha value is -2.94. The van der Waals surface area contributed by atoms with Crippen LogP contribution in [0.3, 0.4) is 0 Å². The normalized spacial score (nSPS) is 24.2. The van der Waals surface area contributed by atoms with E-state index in [0.29, 0.717) is 31.7 Å². The van der Waals surface area contributed by atoms with E-state index in [-0.39, 0.29) is 23.7 Å². The zero-order chi connectivity index (χ0) is 22.7. The van der Waals surface area contributed by atoms with Gasteiger partial charge < -0.3 is 19.7 Å². The Morgan fingerprint density at radius 2 is 1.66 bits per heavy atom. The van der Waals surface area contributed by atoms with E-state index in [1.807, 2.05) is 12.1 Å². The maximum Gasteiger partial charge on any atom is 0.329 e. The standard InChI is InChI=1S/C23H29N3O6/c1-15(26-21(28)18-4-2-3-5-19(18)22(26)29)23(30)32-14-20(27)24-16-6-8-17(9-7-16)25-10-12-31-13-11-25/h6-9,15,18-19H,2-5,10-14H2,1H3,(H,24,27)/t15-,18?,19?/m0/s1. The number of esters is 1. The Morgan fingerprint density at radius 1 is 1.06 bits per heavy atom. The first-order chi connectivity index (χ1) is 15.5. The Morgan fingerprint density at radius 3 is 2.25 bits per heavy atom. The van der Waals surface area contributed by atoms with Crippen LogP contribution < -0.4 is 10.2 Å². The Balaban J connectivity index is 1.27. The van der Waals surface area contributed by atoms with E-state index in [2.05, 4.69) is 10.2 Å². The van der Waals surface area contributed by atoms with E-state index in [0.717, 1.165) is 36.5 Å². The molecule has 4 rings (SSSR count). The first-order valence-electron chi connectivity index (χ1n) is 11.2. The minimum atomic E-state index is -1.04. The van der Waals surface area contributed by atoms with Crippen LogP contribution >= 0.6 is 0 Å². The van der Waals surface area contributed by atoms with Crippen LogP contribution in [0.25, 0.3) is 0 Å². The second-order valence-corrected chi connectivity index (χ2v) is 8.52. The van der Waals surface area contributed by atoms with Gasteiger partial charge in [-0.05, 0) is 44.0 Å². The molecule has 3 amide bonds. The molecule has 0 bridgehead atoms. The van der Waals surface area contributed by atoms with Gasteiger partial charge in [-0.3, -0.25) is 19.3 Å². The third kappa shape index (κ3) is 4.62. The molecule has 0 radical (unpaired) electrons. The molecule has 1 saturated carbocycles. The van der Waals surface area contributed by atoms with Gasteiger partial charge in [0.25, 0.3) is 5.91 Å². The lowest BCUT2D eigenvalue weighted by molar-refractivity contribution is -0.159. The van der Waals surface area contributed by atoms with Gasteiger partial charge in [0.15, 0.2) is 6.61 Å². The number of likely N-dealkylation sites (tertiary alicyclic amines) is 1. The molecule has 0 spiro atoms. The topological polar surface area (TPSA) is 105 Å². The van der Waals surface area contributed by atoms with Crippen molar-refractivity contribution in [1.82, 2.24) is 4.90 Å². The summed E-state index contributed by atoms with van der Waals surface area (Å²) in [5.74, 6) is -2.49. The smallest absolute Gasteiger partial charge is 0.329 e. The van der Waals surface area contributed by atoms with Crippen molar-refractivity contribution >= 4 is 35.1 Å². The summed E-state index contributed by atoms with van der Waals surface area (Å²) in [6.45, 7) is 4.01. The minimum absolute atomic E-state index is 0.297. The lowest BCUT2D eigenvalue weighted by Gasteiger charge is -2.28. The average molecular weight is 444 g/mol. The van der Waals surface area contributed by atoms with Crippen molar-refractivity contribution in [2.24, 2.45) is 11.8 Å². The monoisotopic (exact) mass is 443 g/mol. The number of ether oxygens (including phenoxy) is 2. The summed E-state index contributed by atoms with van der Waals surface area (Å²) >= 11 is 0. The van der Waals surface area contributed by atoms with Crippen LogP contribution in [-0.4, -0.2) is 67.5 Å². The van der Waals surface area contributed by atoms with Gasteiger partial charge in [0, 0.05) is 24.5 Å². The van der Waals surface area contributed by atoms with Crippen LogP contribution in [0.4, 0.5) is 11.4 Å². The number of carbonyl (C=O) groups is 4. The van der Waals surface area contributed by atoms with Crippen molar-refractivity contribution in [2.45, 2.75) is 38.6 Å². The van der Waals surface area contributed by atoms with Crippen LogP contribution in [0.5, 0.6) is 0 Å². The fourth-order valence-corrected chi connectivity index (χ4v) is 4.71. The second kappa shape index (κ2) is 9.68. The Bertz CT molecular complexity index is 856. The SMILES string of the molecule is C[C@@H](C(=O)OCC(=O)Nc1ccc(N2CCOCC2)cc1)N1C(=O)C2CCCCC2C1=O. The van der Waals surface area contributed by atoms with Crippen molar-refractivity contribution in [3.8, 4) is 0 Å². The molecule has 9 heteroatoms. The van der Waals surface area contributed by atoms with Crippen molar-refractivity contribution in [3.63, 3.8) is 0 Å². The van der Waals surface area contributed by atoms with Gasteiger partial charge in [-0.1, -0.05) is 12.8 Å². The first kappa shape index (κ1) is 22.3. The van der Waals surface area contributed by atoms with E-state index in [4.69, 9.17) is 9.47 Å². The molecule has 2 heterocycles. The molecule has 3 fully saturated rings. The Labute approximate surface area is 187 Å². The molecule has 3 atom stereocenters. The summed E-state index contributed by atoms with van der Waals surface area (Å²) in [5, 5.41) is 2.69. The number of fused-ring (bicyclic) bond motifs is 1. The number of imide groups is 1. The molecule has 2 aliphatic heterocycles. The highest BCUT2D eigenvalue weighted by molar-refractivity contribution is 6.08. The lowest BCUT2D eigenvalue weighted by atomic mass is 9.81. The quantitative estimate of drug-likeness (QED) is 0.526. The molecular formula is C23H29N3O6. The van der Waals surface area contributed by atoms with Crippen molar-refractivity contribution in [1.29, 1.82) is 0 Å². The number of nitrogens with one attached hydrogen (secondary N) is 1. The third-order valence-corrected chi connectivity index (χ3v) is 6.48. The number of nitrogens with zero attached hydrogens (tertiary/aromatic N) is 2. The van der Waals surface area contributed by atoms with E-state index >= 15 is 0 Å². The number of anilines is 2. The van der Waals surface area contributed by atoms with Gasteiger partial charge in [-0.2, -0.15) is 0 Å². The minimum Gasteiger partial charge on any atom is -0.454 e. The van der Waals surface area contributed by atoms with Gasteiger partial charge >= 0.3 is 5.97 Å². The first-order valence-corrected chi connectivity index (χ1v) is 11.2. The number of rotatable bonds is 6. The number of morpholine rings is 1. The van der Waals surface area contributed by atoms with Crippen LogP contribution in [0.2, 0.25) is 0 Å². The summed E-state index contributed by atoms with van der Waals surface area (Å²) in [6, 6.07) is 6.37. The molecule has 32 heavy (non-hydrogen) atoms. The van der Waals surface area contributed by atoms with E-state index in [1.165, 1.54) is 6.92 Å². The summed E-state index contributed by atoms with van der Waals surface area (Å²) in [5.41, 5.74) is 1.64. The Kier molecular flexibility index (Phi) is 6.74. The van der Waals surface area contributed by atoms with Crippen LogP contribution in [-0.2, 0) is 28.7 Å². The van der Waals surface area contributed by atoms with Crippen molar-refractivity contribution in [2.75, 3.05) is 43.1 Å². The maximum absolute atomic E-state index is 12.6. The number of amides is 3. The molecule has 9 nitrogen and oxygen atoms in total. The fraction of sp³-hybridized carbons (Fsp3) is 0.565. The second-order valence-electron chi connectivity index (χ2n) is 8.52. The summed E-state index contributed by atoms with van der Waals surface area (Å²) in [7, 11) is 0. The van der Waals surface area contributed by atoms with Crippen LogP contribution in [0, 0.1) is 11.8 Å². The van der Waals surface area contributed by atoms with E-state index < -0.39 is 24.5 Å². The number of carbonyl (C=O) groups excluding carboxylic acids is 4. The van der Waals surface area contributed by atoms with E-state index in [9.17, 15) is 19.2 Å². The fourth-order valence-electron chi connectivity index (χ4n) is 4.71. The van der Waals surface area contributed by atoms with Gasteiger partial charge in [-0.15, -0.1) is 0 Å². The van der Waals surface area contributed by atoms with Gasteiger partial charge in [0.05, 0.1) is 25.0 Å². The molecule has 1 aromatic carbocycles. The highest BCUT2D eigenvalue weighted by atomic mass is 16.5. The summed E-state index contributed by atoms with van der Waals surface area (Å²) < 4.78 is 10.4. The van der Waals surface area contributed by atoms with Crippen molar-refractivity contribution in [3.05, 3.63) is 24.3 Å². The number of benzene rings is 1. The highest BCUT2D eigenvalue weighted by Crippen LogP contribution is 2.38. The largest absolute Gasteiger partial charge is 0.454 e. The zero-order valence-corrected chi connectivity index (χ0v) is 18.2. The predicted octanol–water partition coefficient (Wildman–Crippen LogP) is 1.57. The van der Waals surface area contributed by atoms with E-state index in [1.54, 1.807) is 12.1 Å². The molecule has 0 aromatic heterocycles. The van der Waals surface area contributed by atoms with Crippen molar-refractivity contribution < 1.29 is 28.7 Å². The molecule has 3 aliphatic rings. The number of hydrogen-bond acceptors (Lipinski definition) is 7. The number of hydrogen-bond donors (Lipinski definition) is 1. The van der Waals surface area contributed by atoms with Crippen LogP contribution in [0.15, 0.2) is 24.3 Å². The molecule has 1 aliphatic carbocycles. The third-order valence-electron chi connectivity index (χ3n) is 6.48. The average Bonchev–Trinajstić information content (AvgIpc) is 3.08. The van der Waals surface area contributed by atoms with Gasteiger partial charge in [0.1, 0.15) is 6.04 Å². The predicted molar refractivity (Wildman–Crippen MR) is 116 cm³/mol. The maximum atomic E-state index is 12.6. The molecule has 172 valence electrons. The van der Waals surface area contributed by atoms with Gasteiger partial charge in [-0.25, -0.2) is 4.79 Å². The molecule has 2 saturated heterocycles. The highest BCUT2D eigenvalue weighted by Gasteiger charge is 2.51. The zero-order valence-electron chi connectivity index (χ0n) is 18.2. The van der Waals surface area contributed by atoms with Gasteiger partial charge in [0.2, 0.25) is 11.8 Å². The summed E-state index contributed by atoms with van der Waals surface area (Å²) in [4.78, 5) is 53.1. The molecule has 1 aromatic rings. The molecule has 2 unspecified atom stereocenters. The molecular weight excluding hydrogens is 414 g/mol. The van der Waals surface area contributed by atoms with Crippen LogP contribution in [0.1, 0.15) is 32.6 Å². The molecule has 1 N–H and O–H groups in total.